The summed E-state index contributed by atoms with van der Waals surface area (Å²) in [7, 11) is 0. The van der Waals surface area contributed by atoms with Crippen LogP contribution in [0.15, 0.2) is 24.9 Å². The summed E-state index contributed by atoms with van der Waals surface area (Å²) in [6.45, 7) is 7.13. The number of carbonyl (C=O) groups is 1. The summed E-state index contributed by atoms with van der Waals surface area (Å²) in [6.07, 6.45) is 0.806. The number of alkyl halides is 2. The fourth-order valence-corrected chi connectivity index (χ4v) is 0.664. The summed E-state index contributed by atoms with van der Waals surface area (Å²) in [4.78, 5) is 11.5. The first-order valence-electron chi connectivity index (χ1n) is 3.84. The van der Waals surface area contributed by atoms with E-state index in [2.05, 4.69) is 13.2 Å². The van der Waals surface area contributed by atoms with Crippen LogP contribution in [0.25, 0.3) is 0 Å². The molecule has 0 aliphatic heterocycles. The van der Waals surface area contributed by atoms with Crippen LogP contribution in [0, 0.1) is 5.92 Å². The fourth-order valence-electron chi connectivity index (χ4n) is 0.664. The Morgan fingerprint density at radius 2 is 1.92 bits per heavy atom. The molecule has 0 atom stereocenters. The van der Waals surface area contributed by atoms with Crippen LogP contribution >= 0.6 is 0 Å². The van der Waals surface area contributed by atoms with Crippen LogP contribution in [0.3, 0.4) is 0 Å². The van der Waals surface area contributed by atoms with Crippen LogP contribution in [0.2, 0.25) is 0 Å². The van der Waals surface area contributed by atoms with Crippen molar-refractivity contribution in [3.8, 4) is 0 Å². The maximum atomic E-state index is 12.2. The third-order valence-corrected chi connectivity index (χ3v) is 1.61. The third kappa shape index (κ3) is 2.97. The molecule has 0 fully saturated rings. The zero-order valence-electron chi connectivity index (χ0n) is 7.76. The smallest absolute Gasteiger partial charge is 0.269 e. The van der Waals surface area contributed by atoms with Crippen molar-refractivity contribution >= 4 is 5.91 Å². The lowest BCUT2D eigenvalue weighted by atomic mass is 10.0. The van der Waals surface area contributed by atoms with Gasteiger partial charge in [-0.3, -0.25) is 9.69 Å². The summed E-state index contributed by atoms with van der Waals surface area (Å²) >= 11 is 0. The SMILES string of the molecule is C=CN(C(=O)C(=C)C(C)C)C(F)F. The van der Waals surface area contributed by atoms with Gasteiger partial charge in [0.15, 0.2) is 0 Å². The third-order valence-electron chi connectivity index (χ3n) is 1.61. The molecule has 13 heavy (non-hydrogen) atoms. The number of hydrogen-bond donors (Lipinski definition) is 0. The van der Waals surface area contributed by atoms with Crippen molar-refractivity contribution in [2.45, 2.75) is 20.4 Å². The molecule has 0 bridgehead atoms. The van der Waals surface area contributed by atoms with E-state index in [4.69, 9.17) is 0 Å². The van der Waals surface area contributed by atoms with Gasteiger partial charge < -0.3 is 0 Å². The van der Waals surface area contributed by atoms with Crippen molar-refractivity contribution < 1.29 is 13.6 Å². The van der Waals surface area contributed by atoms with Gasteiger partial charge in [0, 0.05) is 11.8 Å². The molecule has 0 aromatic rings. The molecule has 0 aliphatic carbocycles. The highest BCUT2D eigenvalue weighted by atomic mass is 19.3. The molecule has 0 aromatic heterocycles. The van der Waals surface area contributed by atoms with Crippen molar-refractivity contribution in [2.24, 2.45) is 5.92 Å². The molecule has 0 saturated carbocycles. The zero-order valence-corrected chi connectivity index (χ0v) is 7.76. The average molecular weight is 189 g/mol. The lowest BCUT2D eigenvalue weighted by Crippen LogP contribution is -2.32. The minimum atomic E-state index is -2.86. The van der Waals surface area contributed by atoms with E-state index in [1.165, 1.54) is 0 Å². The molecule has 0 spiro atoms. The molecule has 0 aliphatic rings. The first-order chi connectivity index (χ1) is 5.91. The summed E-state index contributed by atoms with van der Waals surface area (Å²) in [6, 6.07) is 0. The van der Waals surface area contributed by atoms with E-state index in [-0.39, 0.29) is 16.4 Å². The molecule has 74 valence electrons. The summed E-state index contributed by atoms with van der Waals surface area (Å²) < 4.78 is 24.3. The van der Waals surface area contributed by atoms with Crippen molar-refractivity contribution in [1.82, 2.24) is 4.90 Å². The predicted octanol–water partition coefficient (Wildman–Crippen LogP) is 2.39. The minimum absolute atomic E-state index is 0.145. The van der Waals surface area contributed by atoms with Crippen molar-refractivity contribution in [3.63, 3.8) is 0 Å². The number of hydrogen-bond acceptors (Lipinski definition) is 1. The van der Waals surface area contributed by atoms with Gasteiger partial charge in [0.05, 0.1) is 0 Å². The maximum Gasteiger partial charge on any atom is 0.321 e. The number of nitrogens with zero attached hydrogens (tertiary/aromatic N) is 1. The molecule has 0 aromatic carbocycles. The predicted molar refractivity (Wildman–Crippen MR) is 47.0 cm³/mol. The summed E-state index contributed by atoms with van der Waals surface area (Å²) in [5.41, 5.74) is 0.153. The van der Waals surface area contributed by atoms with Gasteiger partial charge in [0.25, 0.3) is 5.91 Å². The Morgan fingerprint density at radius 1 is 1.46 bits per heavy atom. The van der Waals surface area contributed by atoms with Crippen LogP contribution in [0.5, 0.6) is 0 Å². The number of carbonyl (C=O) groups excluding carboxylic acids is 1. The van der Waals surface area contributed by atoms with Gasteiger partial charge in [0.2, 0.25) is 0 Å². The van der Waals surface area contributed by atoms with E-state index >= 15 is 0 Å². The van der Waals surface area contributed by atoms with Crippen LogP contribution in [0.1, 0.15) is 13.8 Å². The first-order valence-corrected chi connectivity index (χ1v) is 3.84. The minimum Gasteiger partial charge on any atom is -0.269 e. The highest BCUT2D eigenvalue weighted by molar-refractivity contribution is 5.93. The van der Waals surface area contributed by atoms with E-state index in [0.29, 0.717) is 0 Å². The highest BCUT2D eigenvalue weighted by Crippen LogP contribution is 2.14. The van der Waals surface area contributed by atoms with Crippen LogP contribution < -0.4 is 0 Å². The second kappa shape index (κ2) is 4.74. The second-order valence-corrected chi connectivity index (χ2v) is 2.85. The quantitative estimate of drug-likeness (QED) is 0.491. The Hall–Kier alpha value is -1.19. The summed E-state index contributed by atoms with van der Waals surface area (Å²) in [5.74, 6) is -0.923. The molecule has 0 saturated heterocycles. The largest absolute Gasteiger partial charge is 0.321 e. The molecule has 0 radical (unpaired) electrons. The summed E-state index contributed by atoms with van der Waals surface area (Å²) in [5, 5.41) is 0. The van der Waals surface area contributed by atoms with Gasteiger partial charge in [-0.25, -0.2) is 0 Å². The molecular weight excluding hydrogens is 176 g/mol. The zero-order chi connectivity index (χ0) is 10.6. The lowest BCUT2D eigenvalue weighted by molar-refractivity contribution is -0.135. The Balaban J connectivity index is 4.56. The molecule has 4 heteroatoms. The molecule has 0 rings (SSSR count). The van der Waals surface area contributed by atoms with Gasteiger partial charge in [-0.1, -0.05) is 27.0 Å². The second-order valence-electron chi connectivity index (χ2n) is 2.85. The lowest BCUT2D eigenvalue weighted by Gasteiger charge is -2.19. The van der Waals surface area contributed by atoms with E-state index in [1.807, 2.05) is 0 Å². The highest BCUT2D eigenvalue weighted by Gasteiger charge is 2.23. The number of halogens is 2. The molecule has 0 unspecified atom stereocenters. The number of rotatable bonds is 4. The Kier molecular flexibility index (Phi) is 4.31. The molecular formula is C9H13F2NO. The van der Waals surface area contributed by atoms with E-state index < -0.39 is 12.5 Å². The normalized spacial score (nSPS) is 10.3. The van der Waals surface area contributed by atoms with Gasteiger partial charge in [-0.05, 0) is 5.92 Å². The Labute approximate surface area is 76.5 Å². The Bertz CT molecular complexity index is 224. The van der Waals surface area contributed by atoms with Gasteiger partial charge in [0.1, 0.15) is 0 Å². The van der Waals surface area contributed by atoms with E-state index in [0.717, 1.165) is 6.20 Å². The fraction of sp³-hybridized carbons (Fsp3) is 0.444. The van der Waals surface area contributed by atoms with Gasteiger partial charge >= 0.3 is 6.55 Å². The maximum absolute atomic E-state index is 12.2. The van der Waals surface area contributed by atoms with Crippen molar-refractivity contribution in [2.75, 3.05) is 0 Å². The van der Waals surface area contributed by atoms with Crippen molar-refractivity contribution in [3.05, 3.63) is 24.9 Å². The number of amides is 1. The topological polar surface area (TPSA) is 20.3 Å². The molecule has 1 amide bonds. The van der Waals surface area contributed by atoms with Gasteiger partial charge in [-0.2, -0.15) is 8.78 Å². The van der Waals surface area contributed by atoms with Crippen LogP contribution in [0.4, 0.5) is 8.78 Å². The Morgan fingerprint density at radius 3 is 2.15 bits per heavy atom. The van der Waals surface area contributed by atoms with Gasteiger partial charge in [-0.15, -0.1) is 0 Å². The standard InChI is InChI=1S/C9H13F2NO/c1-5-12(9(10)11)8(13)7(4)6(2)3/h5-6,9H,1,4H2,2-3H3. The van der Waals surface area contributed by atoms with Crippen LogP contribution in [-0.4, -0.2) is 17.4 Å². The molecule has 2 nitrogen and oxygen atoms in total. The molecule has 0 heterocycles. The monoisotopic (exact) mass is 189 g/mol. The van der Waals surface area contributed by atoms with E-state index in [9.17, 15) is 13.6 Å². The molecule has 0 N–H and O–H groups in total. The average Bonchev–Trinajstić information content (AvgIpc) is 2.03. The van der Waals surface area contributed by atoms with Crippen LogP contribution in [-0.2, 0) is 4.79 Å². The van der Waals surface area contributed by atoms with E-state index in [1.54, 1.807) is 13.8 Å². The first kappa shape index (κ1) is 11.8. The van der Waals surface area contributed by atoms with Crippen molar-refractivity contribution in [1.29, 1.82) is 0 Å².